The van der Waals surface area contributed by atoms with E-state index in [2.05, 4.69) is 24.5 Å². The molecule has 1 aromatic rings. The van der Waals surface area contributed by atoms with E-state index in [-0.39, 0.29) is 24.4 Å². The second-order valence-electron chi connectivity index (χ2n) is 6.54. The maximum atomic E-state index is 12.3. The van der Waals surface area contributed by atoms with E-state index < -0.39 is 0 Å². The first-order valence-electron chi connectivity index (χ1n) is 8.32. The molecule has 1 aliphatic heterocycles. The van der Waals surface area contributed by atoms with Crippen LogP contribution in [0.15, 0.2) is 24.3 Å². The number of nitrogens with one attached hydrogen (secondary N) is 2. The van der Waals surface area contributed by atoms with Gasteiger partial charge in [-0.25, -0.2) is 0 Å². The average molecular weight is 359 g/mol. The molecular formula is C18H28Cl2N2O. The zero-order chi connectivity index (χ0) is 15.9. The van der Waals surface area contributed by atoms with Crippen molar-refractivity contribution in [1.82, 2.24) is 10.6 Å². The minimum Gasteiger partial charge on any atom is -0.349 e. The van der Waals surface area contributed by atoms with Crippen LogP contribution in [-0.4, -0.2) is 19.0 Å². The molecule has 2 N–H and O–H groups in total. The summed E-state index contributed by atoms with van der Waals surface area (Å²) in [6.07, 6.45) is 3.97. The molecular weight excluding hydrogens is 331 g/mol. The molecule has 0 saturated carbocycles. The van der Waals surface area contributed by atoms with Crippen LogP contribution in [0.3, 0.4) is 0 Å². The summed E-state index contributed by atoms with van der Waals surface area (Å²) in [7, 11) is 0. The summed E-state index contributed by atoms with van der Waals surface area (Å²) < 4.78 is 0. The van der Waals surface area contributed by atoms with E-state index in [1.807, 2.05) is 24.3 Å². The number of benzene rings is 1. The number of carbonyl (C=O) groups is 1. The van der Waals surface area contributed by atoms with Gasteiger partial charge in [0.15, 0.2) is 0 Å². The predicted molar refractivity (Wildman–Crippen MR) is 99.2 cm³/mol. The Morgan fingerprint density at radius 3 is 2.57 bits per heavy atom. The Hall–Kier alpha value is -0.770. The lowest BCUT2D eigenvalue weighted by Crippen LogP contribution is -2.33. The molecule has 0 spiro atoms. The monoisotopic (exact) mass is 358 g/mol. The van der Waals surface area contributed by atoms with Crippen molar-refractivity contribution in [3.8, 4) is 0 Å². The normalized spacial score (nSPS) is 16.7. The minimum atomic E-state index is -0.0192. The third-order valence-electron chi connectivity index (χ3n) is 4.46. The first-order chi connectivity index (χ1) is 10.6. The highest BCUT2D eigenvalue weighted by Crippen LogP contribution is 2.28. The highest BCUT2D eigenvalue weighted by Gasteiger charge is 2.21. The van der Waals surface area contributed by atoms with Crippen molar-refractivity contribution in [2.24, 2.45) is 11.8 Å². The molecule has 1 aromatic carbocycles. The van der Waals surface area contributed by atoms with E-state index in [1.54, 1.807) is 0 Å². The van der Waals surface area contributed by atoms with Gasteiger partial charge in [0.1, 0.15) is 0 Å². The molecule has 130 valence electrons. The SMILES string of the molecule is CC(C)C(NC(=O)CCC1CCNCC1)c1ccccc1Cl.Cl. The molecule has 0 aromatic heterocycles. The van der Waals surface area contributed by atoms with Crippen LogP contribution in [0.5, 0.6) is 0 Å². The van der Waals surface area contributed by atoms with Gasteiger partial charge in [-0.3, -0.25) is 4.79 Å². The Morgan fingerprint density at radius 2 is 1.96 bits per heavy atom. The molecule has 1 saturated heterocycles. The van der Waals surface area contributed by atoms with Gasteiger partial charge in [-0.05, 0) is 55.8 Å². The summed E-state index contributed by atoms with van der Waals surface area (Å²) in [5, 5.41) is 7.26. The second-order valence-corrected chi connectivity index (χ2v) is 6.95. The van der Waals surface area contributed by atoms with Crippen LogP contribution < -0.4 is 10.6 Å². The summed E-state index contributed by atoms with van der Waals surface area (Å²) in [5.74, 6) is 1.13. The fraction of sp³-hybridized carbons (Fsp3) is 0.611. The fourth-order valence-electron chi connectivity index (χ4n) is 3.08. The average Bonchev–Trinajstić information content (AvgIpc) is 2.52. The Balaban J connectivity index is 0.00000264. The number of rotatable bonds is 6. The molecule has 1 aliphatic rings. The number of amides is 1. The molecule has 1 amide bonds. The number of piperidine rings is 1. The molecule has 0 radical (unpaired) electrons. The molecule has 1 unspecified atom stereocenters. The maximum absolute atomic E-state index is 12.3. The van der Waals surface area contributed by atoms with Crippen LogP contribution in [-0.2, 0) is 4.79 Å². The third-order valence-corrected chi connectivity index (χ3v) is 4.81. The van der Waals surface area contributed by atoms with Gasteiger partial charge in [0.05, 0.1) is 6.04 Å². The Bertz CT molecular complexity index is 488. The summed E-state index contributed by atoms with van der Waals surface area (Å²) in [5.41, 5.74) is 1.01. The van der Waals surface area contributed by atoms with Crippen molar-refractivity contribution in [3.05, 3.63) is 34.9 Å². The molecule has 0 aliphatic carbocycles. The second kappa shape index (κ2) is 10.2. The standard InChI is InChI=1S/C18H27ClN2O.ClH/c1-13(2)18(15-5-3-4-6-16(15)19)21-17(22)8-7-14-9-11-20-12-10-14;/h3-6,13-14,18,20H,7-12H2,1-2H3,(H,21,22);1H. The first kappa shape index (κ1) is 20.3. The zero-order valence-corrected chi connectivity index (χ0v) is 15.6. The van der Waals surface area contributed by atoms with Crippen LogP contribution in [0.4, 0.5) is 0 Å². The molecule has 1 fully saturated rings. The fourth-order valence-corrected chi connectivity index (χ4v) is 3.34. The minimum absolute atomic E-state index is 0. The molecule has 1 atom stereocenters. The lowest BCUT2D eigenvalue weighted by molar-refractivity contribution is -0.122. The maximum Gasteiger partial charge on any atom is 0.220 e. The number of carbonyl (C=O) groups excluding carboxylic acids is 1. The highest BCUT2D eigenvalue weighted by atomic mass is 35.5. The van der Waals surface area contributed by atoms with Crippen LogP contribution >= 0.6 is 24.0 Å². The van der Waals surface area contributed by atoms with Crippen molar-refractivity contribution in [3.63, 3.8) is 0 Å². The highest BCUT2D eigenvalue weighted by molar-refractivity contribution is 6.31. The van der Waals surface area contributed by atoms with Gasteiger partial charge in [0.2, 0.25) is 5.91 Å². The Labute approximate surface area is 151 Å². The Kier molecular flexibility index (Phi) is 8.96. The number of hydrogen-bond acceptors (Lipinski definition) is 2. The Morgan fingerprint density at radius 1 is 1.30 bits per heavy atom. The van der Waals surface area contributed by atoms with Gasteiger partial charge in [0, 0.05) is 11.4 Å². The van der Waals surface area contributed by atoms with Crippen molar-refractivity contribution < 1.29 is 4.79 Å². The van der Waals surface area contributed by atoms with Crippen LogP contribution in [0.25, 0.3) is 0 Å². The largest absolute Gasteiger partial charge is 0.349 e. The third kappa shape index (κ3) is 6.33. The van der Waals surface area contributed by atoms with Gasteiger partial charge < -0.3 is 10.6 Å². The van der Waals surface area contributed by atoms with E-state index in [4.69, 9.17) is 11.6 Å². The van der Waals surface area contributed by atoms with Crippen LogP contribution in [0.2, 0.25) is 5.02 Å². The summed E-state index contributed by atoms with van der Waals surface area (Å²) in [4.78, 5) is 12.3. The number of hydrogen-bond donors (Lipinski definition) is 2. The van der Waals surface area contributed by atoms with Gasteiger partial charge in [-0.2, -0.15) is 0 Å². The van der Waals surface area contributed by atoms with E-state index in [0.717, 1.165) is 30.1 Å². The van der Waals surface area contributed by atoms with E-state index in [1.165, 1.54) is 12.8 Å². The first-order valence-corrected chi connectivity index (χ1v) is 8.70. The smallest absolute Gasteiger partial charge is 0.220 e. The van der Waals surface area contributed by atoms with Crippen molar-refractivity contribution in [1.29, 1.82) is 0 Å². The van der Waals surface area contributed by atoms with Crippen LogP contribution in [0.1, 0.15) is 51.1 Å². The molecule has 3 nitrogen and oxygen atoms in total. The quantitative estimate of drug-likeness (QED) is 0.793. The molecule has 2 rings (SSSR count). The van der Waals surface area contributed by atoms with Gasteiger partial charge >= 0.3 is 0 Å². The van der Waals surface area contributed by atoms with Gasteiger partial charge in [-0.15, -0.1) is 12.4 Å². The lowest BCUT2D eigenvalue weighted by atomic mass is 9.92. The zero-order valence-electron chi connectivity index (χ0n) is 14.0. The summed E-state index contributed by atoms with van der Waals surface area (Å²) in [6.45, 7) is 6.39. The van der Waals surface area contributed by atoms with E-state index in [9.17, 15) is 4.79 Å². The van der Waals surface area contributed by atoms with Gasteiger partial charge in [0.25, 0.3) is 0 Å². The van der Waals surface area contributed by atoms with E-state index in [0.29, 0.717) is 18.3 Å². The van der Waals surface area contributed by atoms with Crippen molar-refractivity contribution in [2.75, 3.05) is 13.1 Å². The molecule has 23 heavy (non-hydrogen) atoms. The lowest BCUT2D eigenvalue weighted by Gasteiger charge is -2.25. The van der Waals surface area contributed by atoms with Crippen LogP contribution in [0, 0.1) is 11.8 Å². The van der Waals surface area contributed by atoms with Crippen molar-refractivity contribution in [2.45, 2.75) is 45.6 Å². The predicted octanol–water partition coefficient (Wildman–Crippen LogP) is 4.35. The number of halogens is 2. The summed E-state index contributed by atoms with van der Waals surface area (Å²) >= 11 is 6.29. The van der Waals surface area contributed by atoms with Crippen molar-refractivity contribution >= 4 is 29.9 Å². The van der Waals surface area contributed by atoms with E-state index >= 15 is 0 Å². The van der Waals surface area contributed by atoms with Gasteiger partial charge in [-0.1, -0.05) is 43.6 Å². The molecule has 0 bridgehead atoms. The molecule has 1 heterocycles. The topological polar surface area (TPSA) is 41.1 Å². The summed E-state index contributed by atoms with van der Waals surface area (Å²) in [6, 6.07) is 7.75. The molecule has 5 heteroatoms.